The second kappa shape index (κ2) is 6.68. The van der Waals surface area contributed by atoms with Crippen LogP contribution in [-0.4, -0.2) is 47.7 Å². The van der Waals surface area contributed by atoms with E-state index in [0.717, 1.165) is 5.56 Å². The van der Waals surface area contributed by atoms with Crippen LogP contribution in [0.2, 0.25) is 0 Å². The molecule has 2 aromatic carbocycles. The lowest BCUT2D eigenvalue weighted by molar-refractivity contribution is -0.220. The molecule has 2 saturated heterocycles. The molecule has 2 aliphatic rings. The van der Waals surface area contributed by atoms with Crippen LogP contribution in [0.3, 0.4) is 0 Å². The van der Waals surface area contributed by atoms with E-state index in [0.29, 0.717) is 12.1 Å². The minimum atomic E-state index is -1.29. The van der Waals surface area contributed by atoms with Gasteiger partial charge in [0.05, 0.1) is 13.7 Å². The van der Waals surface area contributed by atoms with Gasteiger partial charge in [0.15, 0.2) is 12.2 Å². The molecule has 4 rings (SSSR count). The number of phenols is 1. The molecule has 0 saturated carbocycles. The number of methoxy groups -OCH3 is 1. The van der Waals surface area contributed by atoms with E-state index in [1.54, 1.807) is 17.0 Å². The molecule has 140 valence electrons. The molecule has 2 bridgehead atoms. The van der Waals surface area contributed by atoms with Gasteiger partial charge in [-0.15, -0.1) is 0 Å². The predicted molar refractivity (Wildman–Crippen MR) is 93.4 cm³/mol. The predicted octanol–water partition coefficient (Wildman–Crippen LogP) is 1.54. The number of rotatable bonds is 4. The first-order chi connectivity index (χ1) is 13.0. The zero-order chi connectivity index (χ0) is 19.0. The number of amides is 1. The molecule has 1 amide bonds. The standard InChI is InChI=1S/C20H19NO6/c1-25-19(24)17-16-18(23)21(11-13-5-3-2-4-6-13)12-20(26-16,27-17)14-7-9-15(22)10-8-14/h2-10,16-17,22H,11-12H2,1H3/t16-,17-,20-/m1/s1. The van der Waals surface area contributed by atoms with Gasteiger partial charge in [-0.05, 0) is 29.8 Å². The van der Waals surface area contributed by atoms with Crippen molar-refractivity contribution < 1.29 is 28.9 Å². The Kier molecular flexibility index (Phi) is 4.33. The second-order valence-corrected chi connectivity index (χ2v) is 6.58. The van der Waals surface area contributed by atoms with E-state index in [4.69, 9.17) is 14.2 Å². The molecule has 7 nitrogen and oxygen atoms in total. The van der Waals surface area contributed by atoms with Crippen molar-refractivity contribution in [1.29, 1.82) is 0 Å². The van der Waals surface area contributed by atoms with E-state index in [9.17, 15) is 14.7 Å². The summed E-state index contributed by atoms with van der Waals surface area (Å²) in [6.45, 7) is 0.492. The number of carbonyl (C=O) groups excluding carboxylic acids is 2. The molecule has 0 radical (unpaired) electrons. The summed E-state index contributed by atoms with van der Waals surface area (Å²) < 4.78 is 16.7. The number of hydrogen-bond acceptors (Lipinski definition) is 6. The zero-order valence-corrected chi connectivity index (χ0v) is 14.7. The van der Waals surface area contributed by atoms with E-state index >= 15 is 0 Å². The highest BCUT2D eigenvalue weighted by Gasteiger charge is 2.60. The van der Waals surface area contributed by atoms with Crippen molar-refractivity contribution in [1.82, 2.24) is 4.90 Å². The van der Waals surface area contributed by atoms with Crippen LogP contribution in [0.15, 0.2) is 54.6 Å². The van der Waals surface area contributed by atoms with Crippen LogP contribution < -0.4 is 0 Å². The molecule has 7 heteroatoms. The summed E-state index contributed by atoms with van der Waals surface area (Å²) in [5.74, 6) is -2.17. The van der Waals surface area contributed by atoms with Crippen LogP contribution in [0.1, 0.15) is 11.1 Å². The van der Waals surface area contributed by atoms with Gasteiger partial charge in [0, 0.05) is 12.1 Å². The first-order valence-electron chi connectivity index (χ1n) is 8.58. The quantitative estimate of drug-likeness (QED) is 0.823. The molecule has 0 aliphatic carbocycles. The SMILES string of the molecule is COC(=O)[C@@H]1O[C@@]2(c3ccc(O)cc3)CN(Cc3ccccc3)C(=O)[C@@H]1O2. The van der Waals surface area contributed by atoms with Crippen molar-refractivity contribution in [2.75, 3.05) is 13.7 Å². The highest BCUT2D eigenvalue weighted by atomic mass is 16.8. The Morgan fingerprint density at radius 1 is 1.19 bits per heavy atom. The molecular weight excluding hydrogens is 350 g/mol. The van der Waals surface area contributed by atoms with Crippen LogP contribution in [0.5, 0.6) is 5.75 Å². The Bertz CT molecular complexity index is 853. The third-order valence-electron chi connectivity index (χ3n) is 4.82. The molecule has 3 atom stereocenters. The average Bonchev–Trinajstić information content (AvgIpc) is 3.03. The zero-order valence-electron chi connectivity index (χ0n) is 14.7. The smallest absolute Gasteiger partial charge is 0.338 e. The maximum absolute atomic E-state index is 12.9. The second-order valence-electron chi connectivity index (χ2n) is 6.58. The average molecular weight is 369 g/mol. The molecule has 2 heterocycles. The first kappa shape index (κ1) is 17.5. The number of benzene rings is 2. The molecule has 0 aromatic heterocycles. The van der Waals surface area contributed by atoms with Crippen molar-refractivity contribution in [3.8, 4) is 5.75 Å². The molecule has 27 heavy (non-hydrogen) atoms. The lowest BCUT2D eigenvalue weighted by atomic mass is 10.0. The topological polar surface area (TPSA) is 85.3 Å². The Morgan fingerprint density at radius 2 is 1.89 bits per heavy atom. The molecule has 0 unspecified atom stereocenters. The Balaban J connectivity index is 1.70. The van der Waals surface area contributed by atoms with Crippen LogP contribution in [-0.2, 0) is 36.1 Å². The summed E-state index contributed by atoms with van der Waals surface area (Å²) in [5.41, 5.74) is 1.57. The van der Waals surface area contributed by atoms with E-state index < -0.39 is 24.0 Å². The minimum absolute atomic E-state index is 0.0993. The van der Waals surface area contributed by atoms with Gasteiger partial charge < -0.3 is 24.2 Å². The van der Waals surface area contributed by atoms with Gasteiger partial charge in [0.2, 0.25) is 5.79 Å². The molecule has 2 aromatic rings. The molecule has 2 aliphatic heterocycles. The third-order valence-corrected chi connectivity index (χ3v) is 4.82. The number of carbonyl (C=O) groups is 2. The molecule has 1 N–H and O–H groups in total. The monoisotopic (exact) mass is 369 g/mol. The van der Waals surface area contributed by atoms with Gasteiger partial charge in [0.1, 0.15) is 5.75 Å². The summed E-state index contributed by atoms with van der Waals surface area (Å²) >= 11 is 0. The van der Waals surface area contributed by atoms with E-state index in [1.165, 1.54) is 19.2 Å². The summed E-state index contributed by atoms with van der Waals surface area (Å²) in [7, 11) is 1.24. The number of fused-ring (bicyclic) bond motifs is 2. The number of aromatic hydroxyl groups is 1. The van der Waals surface area contributed by atoms with Crippen LogP contribution >= 0.6 is 0 Å². The fourth-order valence-corrected chi connectivity index (χ4v) is 3.49. The number of phenolic OH excluding ortho intramolecular Hbond substituents is 1. The molecule has 0 spiro atoms. The van der Waals surface area contributed by atoms with Crippen molar-refractivity contribution in [3.63, 3.8) is 0 Å². The Labute approximate surface area is 156 Å². The fourth-order valence-electron chi connectivity index (χ4n) is 3.49. The van der Waals surface area contributed by atoms with Crippen LogP contribution in [0.25, 0.3) is 0 Å². The number of nitrogens with zero attached hydrogens (tertiary/aromatic N) is 1. The molecule has 2 fully saturated rings. The molecular formula is C20H19NO6. The summed E-state index contributed by atoms with van der Waals surface area (Å²) in [6, 6.07) is 15.9. The van der Waals surface area contributed by atoms with Gasteiger partial charge in [-0.2, -0.15) is 0 Å². The third kappa shape index (κ3) is 3.05. The number of ether oxygens (including phenoxy) is 3. The summed E-state index contributed by atoms with van der Waals surface area (Å²) in [4.78, 5) is 26.7. The highest BCUT2D eigenvalue weighted by molar-refractivity contribution is 5.90. The van der Waals surface area contributed by atoms with E-state index in [-0.39, 0.29) is 18.2 Å². The van der Waals surface area contributed by atoms with Crippen molar-refractivity contribution in [2.45, 2.75) is 24.5 Å². The maximum Gasteiger partial charge on any atom is 0.338 e. The van der Waals surface area contributed by atoms with Gasteiger partial charge in [-0.3, -0.25) is 4.79 Å². The lowest BCUT2D eigenvalue weighted by Crippen LogP contribution is -2.53. The summed E-state index contributed by atoms with van der Waals surface area (Å²) in [5, 5.41) is 9.57. The minimum Gasteiger partial charge on any atom is -0.508 e. The maximum atomic E-state index is 12.9. The van der Waals surface area contributed by atoms with Crippen molar-refractivity contribution >= 4 is 11.9 Å². The van der Waals surface area contributed by atoms with E-state index in [2.05, 4.69) is 0 Å². The van der Waals surface area contributed by atoms with Gasteiger partial charge in [-0.1, -0.05) is 30.3 Å². The number of hydrogen-bond donors (Lipinski definition) is 1. The van der Waals surface area contributed by atoms with Crippen molar-refractivity contribution in [2.24, 2.45) is 0 Å². The van der Waals surface area contributed by atoms with Crippen LogP contribution in [0.4, 0.5) is 0 Å². The first-order valence-corrected chi connectivity index (χ1v) is 8.58. The lowest BCUT2D eigenvalue weighted by Gasteiger charge is -2.38. The van der Waals surface area contributed by atoms with Crippen molar-refractivity contribution in [3.05, 3.63) is 65.7 Å². The normalized spacial score (nSPS) is 26.9. The van der Waals surface area contributed by atoms with Gasteiger partial charge >= 0.3 is 5.97 Å². The fraction of sp³-hybridized carbons (Fsp3) is 0.300. The Morgan fingerprint density at radius 3 is 2.56 bits per heavy atom. The largest absolute Gasteiger partial charge is 0.508 e. The van der Waals surface area contributed by atoms with Gasteiger partial charge in [0.25, 0.3) is 5.91 Å². The number of esters is 1. The van der Waals surface area contributed by atoms with E-state index in [1.807, 2.05) is 30.3 Å². The van der Waals surface area contributed by atoms with Crippen LogP contribution in [0, 0.1) is 0 Å². The number of morpholine rings is 1. The highest BCUT2D eigenvalue weighted by Crippen LogP contribution is 2.43. The van der Waals surface area contributed by atoms with Gasteiger partial charge in [-0.25, -0.2) is 4.79 Å². The summed E-state index contributed by atoms with van der Waals surface area (Å²) in [6.07, 6.45) is -2.22. The Hall–Kier alpha value is -2.90.